The number of halogens is 1. The van der Waals surface area contributed by atoms with Crippen LogP contribution in [0.4, 0.5) is 11.4 Å². The van der Waals surface area contributed by atoms with Gasteiger partial charge in [0.25, 0.3) is 5.69 Å². The summed E-state index contributed by atoms with van der Waals surface area (Å²) in [4.78, 5) is 11.8. The third kappa shape index (κ3) is 4.17. The quantitative estimate of drug-likeness (QED) is 0.271. The molecule has 3 aromatic carbocycles. The highest BCUT2D eigenvalue weighted by Crippen LogP contribution is 2.58. The number of anilines is 1. The van der Waals surface area contributed by atoms with Gasteiger partial charge in [0.05, 0.1) is 26.1 Å². The molecule has 1 saturated carbocycles. The summed E-state index contributed by atoms with van der Waals surface area (Å²) < 4.78 is 24.1. The molecule has 7 nitrogen and oxygen atoms in total. The van der Waals surface area contributed by atoms with E-state index in [4.69, 9.17) is 16.7 Å². The van der Waals surface area contributed by atoms with E-state index < -0.39 is 10.0 Å². The maximum Gasteiger partial charge on any atom is 0.282 e. The van der Waals surface area contributed by atoms with E-state index in [9.17, 15) is 18.5 Å². The fraction of sp³-hybridized carbons (Fsp3) is 0.250. The van der Waals surface area contributed by atoms with Gasteiger partial charge in [0.1, 0.15) is 0 Å². The number of para-hydroxylation sites is 1. The lowest BCUT2D eigenvalue weighted by Gasteiger charge is -2.38. The molecule has 2 aliphatic rings. The first-order chi connectivity index (χ1) is 16.2. The number of benzene rings is 3. The van der Waals surface area contributed by atoms with Gasteiger partial charge in [-0.25, -0.2) is 13.6 Å². The molecule has 34 heavy (non-hydrogen) atoms. The van der Waals surface area contributed by atoms with Gasteiger partial charge in [-0.15, -0.1) is 23.4 Å². The fourth-order valence-corrected chi connectivity index (χ4v) is 7.63. The lowest BCUT2D eigenvalue weighted by molar-refractivity contribution is -0.387. The van der Waals surface area contributed by atoms with Crippen LogP contribution in [-0.4, -0.2) is 24.0 Å². The van der Waals surface area contributed by atoms with Crippen molar-refractivity contribution in [3.05, 3.63) is 94.0 Å². The molecule has 0 saturated heterocycles. The van der Waals surface area contributed by atoms with Crippen LogP contribution in [0.15, 0.2) is 82.6 Å². The Labute approximate surface area is 206 Å². The van der Waals surface area contributed by atoms with Crippen LogP contribution >= 0.6 is 23.4 Å². The zero-order valence-corrected chi connectivity index (χ0v) is 20.3. The van der Waals surface area contributed by atoms with Crippen molar-refractivity contribution in [1.82, 2.24) is 0 Å². The summed E-state index contributed by atoms with van der Waals surface area (Å²) in [7, 11) is -3.88. The molecule has 1 aliphatic heterocycles. The van der Waals surface area contributed by atoms with Crippen molar-refractivity contribution in [3.63, 3.8) is 0 Å². The zero-order valence-electron chi connectivity index (χ0n) is 17.9. The lowest BCUT2D eigenvalue weighted by atomic mass is 9.77. The van der Waals surface area contributed by atoms with E-state index in [0.29, 0.717) is 11.3 Å². The summed E-state index contributed by atoms with van der Waals surface area (Å²) in [6, 6.07) is 21.5. The number of thioether (sulfide) groups is 1. The Morgan fingerprint density at radius 2 is 1.76 bits per heavy atom. The van der Waals surface area contributed by atoms with E-state index in [1.54, 1.807) is 30.3 Å². The Morgan fingerprint density at radius 3 is 2.47 bits per heavy atom. The van der Waals surface area contributed by atoms with Crippen molar-refractivity contribution >= 4 is 44.8 Å². The highest BCUT2D eigenvalue weighted by Gasteiger charge is 2.50. The summed E-state index contributed by atoms with van der Waals surface area (Å²) in [6.45, 7) is 0. The second kappa shape index (κ2) is 8.88. The lowest BCUT2D eigenvalue weighted by Crippen LogP contribution is -2.31. The molecule has 0 spiro atoms. The molecule has 5 atom stereocenters. The number of nitrogens with zero attached hydrogens (tertiary/aromatic N) is 1. The SMILES string of the molecule is NS(=O)(=O)c1ccc2c(c1)[C@@H]1[C@H](Cl)[C@H](Sc3ccccc3[N+](=O)[O-])C[C@H]1[C@@H](c1ccccc1)N2. The summed E-state index contributed by atoms with van der Waals surface area (Å²) >= 11 is 8.50. The molecule has 1 aliphatic carbocycles. The molecule has 5 rings (SSSR count). The van der Waals surface area contributed by atoms with Gasteiger partial charge in [0.2, 0.25) is 10.0 Å². The number of hydrogen-bond acceptors (Lipinski definition) is 6. The first-order valence-corrected chi connectivity index (χ1v) is 13.6. The third-order valence-corrected chi connectivity index (χ3v) is 9.64. The van der Waals surface area contributed by atoms with Crippen molar-refractivity contribution in [2.75, 3.05) is 5.32 Å². The van der Waals surface area contributed by atoms with Crippen LogP contribution in [0.3, 0.4) is 0 Å². The average molecular weight is 516 g/mol. The Kier molecular flexibility index (Phi) is 6.05. The molecule has 176 valence electrons. The van der Waals surface area contributed by atoms with Gasteiger partial charge >= 0.3 is 0 Å². The minimum absolute atomic E-state index is 0.0309. The summed E-state index contributed by atoms with van der Waals surface area (Å²) in [5.74, 6) is -0.0847. The number of primary sulfonamides is 1. The van der Waals surface area contributed by atoms with Crippen molar-refractivity contribution in [2.24, 2.45) is 11.1 Å². The molecule has 10 heteroatoms. The predicted octanol–water partition coefficient (Wildman–Crippen LogP) is 5.28. The van der Waals surface area contributed by atoms with Crippen LogP contribution in [0.25, 0.3) is 0 Å². The smallest absolute Gasteiger partial charge is 0.282 e. The van der Waals surface area contributed by atoms with Gasteiger partial charge in [0.15, 0.2) is 0 Å². The van der Waals surface area contributed by atoms with Gasteiger partial charge in [-0.3, -0.25) is 10.1 Å². The number of rotatable bonds is 5. The highest BCUT2D eigenvalue weighted by molar-refractivity contribution is 8.00. The molecule has 1 fully saturated rings. The fourth-order valence-electron chi connectivity index (χ4n) is 5.13. The Hall–Kier alpha value is -2.59. The number of sulfonamides is 1. The largest absolute Gasteiger partial charge is 0.378 e. The maximum absolute atomic E-state index is 12.0. The second-order valence-electron chi connectivity index (χ2n) is 8.58. The molecule has 1 heterocycles. The number of nitrogens with two attached hydrogens (primary N) is 1. The molecule has 3 aromatic rings. The topological polar surface area (TPSA) is 115 Å². The first-order valence-electron chi connectivity index (χ1n) is 10.8. The Balaban J connectivity index is 1.57. The minimum Gasteiger partial charge on any atom is -0.378 e. The molecule has 3 N–H and O–H groups in total. The number of alkyl halides is 1. The van der Waals surface area contributed by atoms with Crippen molar-refractivity contribution in [1.29, 1.82) is 0 Å². The van der Waals surface area contributed by atoms with E-state index >= 15 is 0 Å². The Morgan fingerprint density at radius 1 is 1.06 bits per heavy atom. The summed E-state index contributed by atoms with van der Waals surface area (Å²) in [5.41, 5.74) is 2.80. The monoisotopic (exact) mass is 515 g/mol. The van der Waals surface area contributed by atoms with E-state index in [1.807, 2.05) is 18.2 Å². The van der Waals surface area contributed by atoms with E-state index in [-0.39, 0.29) is 44.0 Å². The van der Waals surface area contributed by atoms with E-state index in [1.165, 1.54) is 23.9 Å². The number of fused-ring (bicyclic) bond motifs is 3. The van der Waals surface area contributed by atoms with Gasteiger partial charge in [0, 0.05) is 22.9 Å². The van der Waals surface area contributed by atoms with Crippen molar-refractivity contribution in [2.45, 2.75) is 38.8 Å². The van der Waals surface area contributed by atoms with Crippen LogP contribution in [-0.2, 0) is 10.0 Å². The van der Waals surface area contributed by atoms with Gasteiger partial charge in [-0.05, 0) is 47.7 Å². The summed E-state index contributed by atoms with van der Waals surface area (Å²) in [5, 5.41) is 20.1. The number of nitro groups is 1. The maximum atomic E-state index is 12.0. The molecule has 0 amide bonds. The minimum atomic E-state index is -3.88. The average Bonchev–Trinajstić information content (AvgIpc) is 3.14. The zero-order chi connectivity index (χ0) is 24.0. The second-order valence-corrected chi connectivity index (χ2v) is 11.9. The van der Waals surface area contributed by atoms with Crippen molar-refractivity contribution in [3.8, 4) is 0 Å². The number of hydrogen-bond donors (Lipinski definition) is 2. The number of nitro benzene ring substituents is 1. The summed E-state index contributed by atoms with van der Waals surface area (Å²) in [6.07, 6.45) is 0.709. The normalized spacial score (nSPS) is 25.8. The molecule has 0 radical (unpaired) electrons. The van der Waals surface area contributed by atoms with E-state index in [2.05, 4.69) is 17.4 Å². The molecule has 0 unspecified atom stereocenters. The van der Waals surface area contributed by atoms with Crippen LogP contribution in [0.1, 0.15) is 29.5 Å². The van der Waals surface area contributed by atoms with Crippen molar-refractivity contribution < 1.29 is 13.3 Å². The van der Waals surface area contributed by atoms with Crippen LogP contribution in [0.5, 0.6) is 0 Å². The first kappa shape index (κ1) is 23.2. The Bertz CT molecular complexity index is 1350. The molecule has 0 bridgehead atoms. The predicted molar refractivity (Wildman–Crippen MR) is 134 cm³/mol. The van der Waals surface area contributed by atoms with Crippen LogP contribution in [0.2, 0.25) is 0 Å². The third-order valence-electron chi connectivity index (χ3n) is 6.61. The molecular weight excluding hydrogens is 494 g/mol. The molecular formula is C24H22ClN3O4S2. The standard InChI is InChI=1S/C24H22ClN3O4S2/c25-23-21(33-20-9-5-4-8-19(20)28(29)30)13-17-22(23)16-12-15(34(26,31)32)10-11-18(16)27-24(17)14-6-2-1-3-7-14/h1-12,17,21-24,27H,13H2,(H2,26,31,32)/t17-,21-,22+,23-,24-/m1/s1. The van der Waals surface area contributed by atoms with Gasteiger partial charge in [-0.1, -0.05) is 42.5 Å². The molecule has 0 aromatic heterocycles. The van der Waals surface area contributed by atoms with E-state index in [0.717, 1.165) is 16.8 Å². The van der Waals surface area contributed by atoms with Gasteiger partial charge in [-0.2, -0.15) is 0 Å². The number of nitrogens with one attached hydrogen (secondary N) is 1. The van der Waals surface area contributed by atoms with Gasteiger partial charge < -0.3 is 5.32 Å². The van der Waals surface area contributed by atoms with Crippen LogP contribution in [0, 0.1) is 16.0 Å². The highest BCUT2D eigenvalue weighted by atomic mass is 35.5. The van der Waals surface area contributed by atoms with Crippen LogP contribution < -0.4 is 10.5 Å².